The van der Waals surface area contributed by atoms with Gasteiger partial charge in [0.1, 0.15) is 5.69 Å². The Labute approximate surface area is 234 Å². The van der Waals surface area contributed by atoms with E-state index in [2.05, 4.69) is 25.8 Å². The number of carbonyl (C=O) groups is 1. The largest absolute Gasteiger partial charge is 0.391 e. The number of anilines is 2. The van der Waals surface area contributed by atoms with Crippen LogP contribution in [0.25, 0.3) is 11.0 Å². The van der Waals surface area contributed by atoms with Gasteiger partial charge < -0.3 is 25.4 Å². The van der Waals surface area contributed by atoms with Crippen LogP contribution >= 0.6 is 0 Å². The van der Waals surface area contributed by atoms with E-state index in [1.807, 2.05) is 18.3 Å². The predicted molar refractivity (Wildman–Crippen MR) is 154 cm³/mol. The molecule has 40 heavy (non-hydrogen) atoms. The Morgan fingerprint density at radius 2 is 1.93 bits per heavy atom. The molecular weight excluding hydrogens is 504 g/mol. The summed E-state index contributed by atoms with van der Waals surface area (Å²) in [7, 11) is 0. The second-order valence-electron chi connectivity index (χ2n) is 12.2. The number of Topliss-reactive ketones (excluding diaryl/α,β-unsaturated/α-hetero) is 1. The first-order valence-electron chi connectivity index (χ1n) is 14.8. The van der Waals surface area contributed by atoms with Gasteiger partial charge in [-0.15, -0.1) is 0 Å². The number of rotatable bonds is 6. The SMILES string of the molecule is N[C@@H]1CN(c2ccncc2CC(=O)c2ccc3ncc(N4CCC5(CCCO5)CC4)cc3n2)C[C@H](C2CC2)[C@H]1O. The van der Waals surface area contributed by atoms with Crippen molar-refractivity contribution in [2.45, 2.75) is 62.7 Å². The fraction of sp³-hybridized carbons (Fsp3) is 0.548. The minimum atomic E-state index is -0.474. The summed E-state index contributed by atoms with van der Waals surface area (Å²) >= 11 is 0. The number of aliphatic hydroxyl groups excluding tert-OH is 1. The van der Waals surface area contributed by atoms with Crippen LogP contribution in [-0.4, -0.2) is 76.4 Å². The Hall–Kier alpha value is -3.14. The minimum Gasteiger partial charge on any atom is -0.391 e. The van der Waals surface area contributed by atoms with Gasteiger partial charge in [0.05, 0.1) is 34.6 Å². The highest BCUT2D eigenvalue weighted by Crippen LogP contribution is 2.42. The summed E-state index contributed by atoms with van der Waals surface area (Å²) < 4.78 is 6.09. The highest BCUT2D eigenvalue weighted by Gasteiger charge is 2.43. The fourth-order valence-electron chi connectivity index (χ4n) is 7.04. The van der Waals surface area contributed by atoms with Crippen molar-refractivity contribution in [2.24, 2.45) is 17.6 Å². The Balaban J connectivity index is 1.08. The van der Waals surface area contributed by atoms with Gasteiger partial charge in [-0.05, 0) is 68.7 Å². The summed E-state index contributed by atoms with van der Waals surface area (Å²) in [4.78, 5) is 31.8. The number of nitrogens with two attached hydrogens (primary N) is 1. The van der Waals surface area contributed by atoms with Crippen LogP contribution in [0.1, 0.15) is 54.6 Å². The molecule has 1 saturated carbocycles. The van der Waals surface area contributed by atoms with E-state index in [1.165, 1.54) is 0 Å². The highest BCUT2D eigenvalue weighted by molar-refractivity contribution is 5.98. The van der Waals surface area contributed by atoms with Gasteiger partial charge >= 0.3 is 0 Å². The number of pyridine rings is 3. The van der Waals surface area contributed by atoms with Gasteiger partial charge in [0.25, 0.3) is 0 Å². The summed E-state index contributed by atoms with van der Waals surface area (Å²) in [6, 6.07) is 7.36. The molecule has 6 heterocycles. The Morgan fingerprint density at radius 3 is 2.70 bits per heavy atom. The van der Waals surface area contributed by atoms with Gasteiger partial charge in [-0.3, -0.25) is 14.8 Å². The van der Waals surface area contributed by atoms with Gasteiger partial charge in [-0.1, -0.05) is 0 Å². The van der Waals surface area contributed by atoms with Crippen molar-refractivity contribution in [1.29, 1.82) is 0 Å². The highest BCUT2D eigenvalue weighted by atomic mass is 16.5. The van der Waals surface area contributed by atoms with E-state index in [1.54, 1.807) is 18.5 Å². The standard InChI is InChI=1S/C31H38N6O3/c32-24-19-37(18-23(30(24)39)20-2-3-20)28-6-10-33-16-21(28)14-29(38)26-5-4-25-27(35-26)15-22(17-34-25)36-11-8-31(9-12-36)7-1-13-40-31/h4-6,10,15-17,20,23-24,30,39H,1-3,7-9,11-14,18-19,32H2/t23-,24-,30-/m1/s1. The molecule has 9 nitrogen and oxygen atoms in total. The third-order valence-corrected chi connectivity index (χ3v) is 9.57. The molecule has 0 radical (unpaired) electrons. The first-order valence-corrected chi connectivity index (χ1v) is 14.8. The van der Waals surface area contributed by atoms with Gasteiger partial charge in [0, 0.05) is 74.8 Å². The number of ketones is 1. The predicted octanol–water partition coefficient (Wildman–Crippen LogP) is 3.13. The summed E-state index contributed by atoms with van der Waals surface area (Å²) in [6.07, 6.45) is 11.9. The number of hydrogen-bond donors (Lipinski definition) is 2. The molecular formula is C31H38N6O3. The normalized spacial score (nSPS) is 26.5. The van der Waals surface area contributed by atoms with Crippen molar-refractivity contribution in [2.75, 3.05) is 42.6 Å². The van der Waals surface area contributed by atoms with Crippen molar-refractivity contribution < 1.29 is 14.6 Å². The first-order chi connectivity index (χ1) is 19.5. The van der Waals surface area contributed by atoms with Crippen LogP contribution in [0.15, 0.2) is 42.9 Å². The van der Waals surface area contributed by atoms with Crippen LogP contribution in [0.5, 0.6) is 0 Å². The number of hydrogen-bond acceptors (Lipinski definition) is 9. The monoisotopic (exact) mass is 542 g/mol. The zero-order valence-electron chi connectivity index (χ0n) is 22.9. The van der Waals surface area contributed by atoms with E-state index in [0.717, 1.165) is 92.7 Å². The molecule has 4 aliphatic rings. The maximum absolute atomic E-state index is 13.5. The van der Waals surface area contributed by atoms with Crippen molar-refractivity contribution in [3.8, 4) is 0 Å². The topological polar surface area (TPSA) is 118 Å². The van der Waals surface area contributed by atoms with Gasteiger partial charge in [0.2, 0.25) is 0 Å². The second-order valence-corrected chi connectivity index (χ2v) is 12.2. The molecule has 3 aliphatic heterocycles. The van der Waals surface area contributed by atoms with E-state index in [4.69, 9.17) is 15.5 Å². The molecule has 0 aromatic carbocycles. The van der Waals surface area contributed by atoms with Crippen LogP contribution in [-0.2, 0) is 11.2 Å². The molecule has 0 unspecified atom stereocenters. The van der Waals surface area contributed by atoms with Gasteiger partial charge in [-0.25, -0.2) is 4.98 Å². The summed E-state index contributed by atoms with van der Waals surface area (Å²) in [5.74, 6) is 0.651. The smallest absolute Gasteiger partial charge is 0.185 e. The van der Waals surface area contributed by atoms with E-state index in [-0.39, 0.29) is 29.8 Å². The first kappa shape index (κ1) is 25.8. The Morgan fingerprint density at radius 1 is 1.07 bits per heavy atom. The Kier molecular flexibility index (Phi) is 6.68. The van der Waals surface area contributed by atoms with E-state index >= 15 is 0 Å². The third-order valence-electron chi connectivity index (χ3n) is 9.57. The molecule has 1 aliphatic carbocycles. The lowest BCUT2D eigenvalue weighted by Crippen LogP contribution is -2.57. The summed E-state index contributed by atoms with van der Waals surface area (Å²) in [6.45, 7) is 4.07. The number of aliphatic hydroxyl groups is 1. The lowest BCUT2D eigenvalue weighted by molar-refractivity contribution is -0.0146. The van der Waals surface area contributed by atoms with Gasteiger partial charge in [0.15, 0.2) is 5.78 Å². The number of fused-ring (bicyclic) bond motifs is 1. The lowest BCUT2D eigenvalue weighted by Gasteiger charge is -2.42. The number of piperidine rings is 2. The molecule has 210 valence electrons. The van der Waals surface area contributed by atoms with Crippen LogP contribution in [0.3, 0.4) is 0 Å². The molecule has 3 atom stereocenters. The number of aromatic nitrogens is 3. The maximum Gasteiger partial charge on any atom is 0.185 e. The minimum absolute atomic E-state index is 0.0556. The molecule has 9 heteroatoms. The zero-order chi connectivity index (χ0) is 27.3. The molecule has 3 aromatic heterocycles. The van der Waals surface area contributed by atoms with Crippen LogP contribution in [0, 0.1) is 11.8 Å². The summed E-state index contributed by atoms with van der Waals surface area (Å²) in [5, 5.41) is 10.7. The van der Waals surface area contributed by atoms with Gasteiger partial charge in [-0.2, -0.15) is 0 Å². The lowest BCUT2D eigenvalue weighted by atomic mass is 9.87. The molecule has 7 rings (SSSR count). The van der Waals surface area contributed by atoms with Crippen molar-refractivity contribution in [1.82, 2.24) is 15.0 Å². The average Bonchev–Trinajstić information content (AvgIpc) is 3.73. The van der Waals surface area contributed by atoms with E-state index in [0.29, 0.717) is 18.2 Å². The second kappa shape index (κ2) is 10.4. The number of carbonyl (C=O) groups excluding carboxylic acids is 1. The molecule has 0 bridgehead atoms. The molecule has 0 amide bonds. The number of nitrogens with zero attached hydrogens (tertiary/aromatic N) is 5. The quantitative estimate of drug-likeness (QED) is 0.453. The average molecular weight is 543 g/mol. The maximum atomic E-state index is 13.5. The zero-order valence-corrected chi connectivity index (χ0v) is 22.9. The van der Waals surface area contributed by atoms with E-state index < -0.39 is 6.10 Å². The van der Waals surface area contributed by atoms with Crippen LogP contribution in [0.2, 0.25) is 0 Å². The molecule has 3 N–H and O–H groups in total. The molecule has 1 spiro atoms. The van der Waals surface area contributed by atoms with Crippen molar-refractivity contribution in [3.63, 3.8) is 0 Å². The van der Waals surface area contributed by atoms with Crippen LogP contribution in [0.4, 0.5) is 11.4 Å². The van der Waals surface area contributed by atoms with E-state index in [9.17, 15) is 9.90 Å². The Bertz CT molecular complexity index is 1390. The molecule has 4 fully saturated rings. The fourth-order valence-corrected chi connectivity index (χ4v) is 7.04. The summed E-state index contributed by atoms with van der Waals surface area (Å²) in [5.41, 5.74) is 11.2. The van der Waals surface area contributed by atoms with Crippen molar-refractivity contribution in [3.05, 3.63) is 54.1 Å². The molecule has 3 saturated heterocycles. The molecule has 3 aromatic rings. The third kappa shape index (κ3) is 4.95. The number of ether oxygens (including phenoxy) is 1. The van der Waals surface area contributed by atoms with Crippen molar-refractivity contribution >= 4 is 28.2 Å². The van der Waals surface area contributed by atoms with Crippen LogP contribution < -0.4 is 15.5 Å².